The Hall–Kier alpha value is -3.07. The Morgan fingerprint density at radius 2 is 2.00 bits per heavy atom. The molecule has 9 heteroatoms. The van der Waals surface area contributed by atoms with E-state index in [0.717, 1.165) is 10.5 Å². The SMILES string of the molecule is CSc1cccc(NC(=O)N[C@H]2CCN3C(=O)[C@H](Cc4ccc(F)cc4)NC(=O)[C@@H]3C2)c1. The minimum absolute atomic E-state index is 0.143. The Balaban J connectivity index is 1.34. The molecule has 0 aliphatic carbocycles. The van der Waals surface area contributed by atoms with Gasteiger partial charge in [0.25, 0.3) is 0 Å². The van der Waals surface area contributed by atoms with Crippen LogP contribution in [0.1, 0.15) is 18.4 Å². The third-order valence-electron chi connectivity index (χ3n) is 5.82. The van der Waals surface area contributed by atoms with Gasteiger partial charge in [-0.05, 0) is 55.0 Å². The number of anilines is 1. The van der Waals surface area contributed by atoms with E-state index in [0.29, 0.717) is 31.5 Å². The van der Waals surface area contributed by atoms with Crippen molar-refractivity contribution < 1.29 is 18.8 Å². The topological polar surface area (TPSA) is 90.5 Å². The first-order valence-electron chi connectivity index (χ1n) is 10.5. The van der Waals surface area contributed by atoms with E-state index in [4.69, 9.17) is 0 Å². The average molecular weight is 457 g/mol. The zero-order valence-corrected chi connectivity index (χ0v) is 18.5. The number of thioether (sulfide) groups is 1. The molecule has 2 fully saturated rings. The Morgan fingerprint density at radius 3 is 2.75 bits per heavy atom. The second kappa shape index (κ2) is 9.60. The second-order valence-electron chi connectivity index (χ2n) is 7.99. The standard InChI is InChI=1S/C23H25FN4O3S/c1-32-18-4-2-3-16(12-18)25-23(31)26-17-9-10-28-20(13-17)21(29)27-19(22(28)30)11-14-5-7-15(24)8-6-14/h2-8,12,17,19-20H,9-11,13H2,1H3,(H,27,29)(H2,25,26,31)/t17-,19-,20-/m0/s1. The zero-order chi connectivity index (χ0) is 22.7. The van der Waals surface area contributed by atoms with Gasteiger partial charge in [0.15, 0.2) is 0 Å². The van der Waals surface area contributed by atoms with Crippen LogP contribution < -0.4 is 16.0 Å². The van der Waals surface area contributed by atoms with Crippen molar-refractivity contribution in [1.82, 2.24) is 15.5 Å². The van der Waals surface area contributed by atoms with Gasteiger partial charge in [0, 0.05) is 29.6 Å². The Labute approximate surface area is 190 Å². The van der Waals surface area contributed by atoms with Crippen LogP contribution in [-0.2, 0) is 16.0 Å². The van der Waals surface area contributed by atoms with E-state index in [1.165, 1.54) is 12.1 Å². The molecule has 168 valence electrons. The fourth-order valence-corrected chi connectivity index (χ4v) is 4.65. The van der Waals surface area contributed by atoms with E-state index < -0.39 is 12.1 Å². The van der Waals surface area contributed by atoms with Crippen LogP contribution in [0.4, 0.5) is 14.9 Å². The first-order chi connectivity index (χ1) is 15.4. The number of benzene rings is 2. The number of fused-ring (bicyclic) bond motifs is 1. The third-order valence-corrected chi connectivity index (χ3v) is 6.54. The molecule has 2 heterocycles. The molecule has 3 atom stereocenters. The minimum atomic E-state index is -0.666. The smallest absolute Gasteiger partial charge is 0.319 e. The highest BCUT2D eigenvalue weighted by Gasteiger charge is 2.44. The Bertz CT molecular complexity index is 1020. The summed E-state index contributed by atoms with van der Waals surface area (Å²) in [6.45, 7) is 0.393. The predicted octanol–water partition coefficient (Wildman–Crippen LogP) is 2.77. The van der Waals surface area contributed by atoms with Crippen molar-refractivity contribution in [3.8, 4) is 0 Å². The lowest BCUT2D eigenvalue weighted by Gasteiger charge is -2.44. The molecule has 2 aromatic carbocycles. The van der Waals surface area contributed by atoms with Gasteiger partial charge in [0.05, 0.1) is 0 Å². The number of hydrogen-bond acceptors (Lipinski definition) is 4. The van der Waals surface area contributed by atoms with E-state index in [1.807, 2.05) is 30.5 Å². The highest BCUT2D eigenvalue weighted by molar-refractivity contribution is 7.98. The molecule has 0 saturated carbocycles. The highest BCUT2D eigenvalue weighted by Crippen LogP contribution is 2.24. The quantitative estimate of drug-likeness (QED) is 0.604. The molecule has 2 saturated heterocycles. The molecule has 0 aromatic heterocycles. The predicted molar refractivity (Wildman–Crippen MR) is 121 cm³/mol. The number of piperidine rings is 1. The molecule has 2 aliphatic rings. The van der Waals surface area contributed by atoms with Crippen LogP contribution in [0.5, 0.6) is 0 Å². The molecule has 4 rings (SSSR count). The summed E-state index contributed by atoms with van der Waals surface area (Å²) in [7, 11) is 0. The van der Waals surface area contributed by atoms with E-state index in [2.05, 4.69) is 16.0 Å². The fraction of sp³-hybridized carbons (Fsp3) is 0.348. The number of hydrogen-bond donors (Lipinski definition) is 3. The molecule has 0 bridgehead atoms. The molecular formula is C23H25FN4O3S. The van der Waals surface area contributed by atoms with Crippen molar-refractivity contribution in [3.63, 3.8) is 0 Å². The van der Waals surface area contributed by atoms with Gasteiger partial charge in [-0.25, -0.2) is 9.18 Å². The van der Waals surface area contributed by atoms with Crippen molar-refractivity contribution in [2.45, 2.75) is 42.3 Å². The number of carbonyl (C=O) groups is 3. The number of carbonyl (C=O) groups excluding carboxylic acids is 3. The Kier molecular flexibility index (Phi) is 6.64. The molecule has 2 aliphatic heterocycles. The van der Waals surface area contributed by atoms with Crippen LogP contribution >= 0.6 is 11.8 Å². The van der Waals surface area contributed by atoms with Crippen LogP contribution in [0, 0.1) is 5.82 Å². The number of piperazine rings is 1. The number of nitrogens with one attached hydrogen (secondary N) is 3. The summed E-state index contributed by atoms with van der Waals surface area (Å²) >= 11 is 1.59. The lowest BCUT2D eigenvalue weighted by atomic mass is 9.91. The summed E-state index contributed by atoms with van der Waals surface area (Å²) < 4.78 is 13.1. The molecule has 0 radical (unpaired) electrons. The summed E-state index contributed by atoms with van der Waals surface area (Å²) in [6, 6.07) is 11.6. The maximum atomic E-state index is 13.1. The molecule has 0 unspecified atom stereocenters. The van der Waals surface area contributed by atoms with Gasteiger partial charge in [-0.3, -0.25) is 9.59 Å². The average Bonchev–Trinajstić information content (AvgIpc) is 2.79. The third kappa shape index (κ3) is 5.04. The number of halogens is 1. The summed E-state index contributed by atoms with van der Waals surface area (Å²) in [5.74, 6) is -0.713. The Morgan fingerprint density at radius 1 is 1.22 bits per heavy atom. The van der Waals surface area contributed by atoms with Gasteiger partial charge in [-0.2, -0.15) is 0 Å². The molecule has 3 N–H and O–H groups in total. The molecular weight excluding hydrogens is 431 g/mol. The minimum Gasteiger partial charge on any atom is -0.342 e. The maximum Gasteiger partial charge on any atom is 0.319 e. The van der Waals surface area contributed by atoms with Crippen molar-refractivity contribution >= 4 is 35.3 Å². The van der Waals surface area contributed by atoms with Gasteiger partial charge < -0.3 is 20.9 Å². The molecule has 2 aromatic rings. The van der Waals surface area contributed by atoms with Crippen molar-refractivity contribution in [1.29, 1.82) is 0 Å². The van der Waals surface area contributed by atoms with Gasteiger partial charge in [-0.15, -0.1) is 11.8 Å². The number of urea groups is 1. The van der Waals surface area contributed by atoms with Crippen molar-refractivity contribution in [2.24, 2.45) is 0 Å². The summed E-state index contributed by atoms with van der Waals surface area (Å²) in [6.07, 6.45) is 3.21. The lowest BCUT2D eigenvalue weighted by Crippen LogP contribution is -2.67. The van der Waals surface area contributed by atoms with Crippen molar-refractivity contribution in [2.75, 3.05) is 18.1 Å². The van der Waals surface area contributed by atoms with Crippen LogP contribution in [0.2, 0.25) is 0 Å². The summed E-state index contributed by atoms with van der Waals surface area (Å²) in [5, 5.41) is 8.54. The van der Waals surface area contributed by atoms with Gasteiger partial charge >= 0.3 is 6.03 Å². The first-order valence-corrected chi connectivity index (χ1v) is 11.7. The normalized spacial score (nSPS) is 22.7. The van der Waals surface area contributed by atoms with Gasteiger partial charge in [-0.1, -0.05) is 18.2 Å². The fourth-order valence-electron chi connectivity index (χ4n) is 4.19. The number of amides is 4. The van der Waals surface area contributed by atoms with Gasteiger partial charge in [0.1, 0.15) is 17.9 Å². The van der Waals surface area contributed by atoms with Gasteiger partial charge in [0.2, 0.25) is 11.8 Å². The van der Waals surface area contributed by atoms with E-state index >= 15 is 0 Å². The molecule has 0 spiro atoms. The molecule has 4 amide bonds. The monoisotopic (exact) mass is 456 g/mol. The lowest BCUT2D eigenvalue weighted by molar-refractivity contribution is -0.151. The van der Waals surface area contributed by atoms with E-state index in [1.54, 1.807) is 28.8 Å². The summed E-state index contributed by atoms with van der Waals surface area (Å²) in [5.41, 5.74) is 1.48. The molecule has 32 heavy (non-hydrogen) atoms. The van der Waals surface area contributed by atoms with E-state index in [9.17, 15) is 18.8 Å². The van der Waals surface area contributed by atoms with Crippen LogP contribution in [0.25, 0.3) is 0 Å². The second-order valence-corrected chi connectivity index (χ2v) is 8.87. The largest absolute Gasteiger partial charge is 0.342 e. The molecule has 7 nitrogen and oxygen atoms in total. The van der Waals surface area contributed by atoms with Crippen LogP contribution in [0.15, 0.2) is 53.4 Å². The summed E-state index contributed by atoms with van der Waals surface area (Å²) in [4.78, 5) is 40.7. The number of nitrogens with zero attached hydrogens (tertiary/aromatic N) is 1. The van der Waals surface area contributed by atoms with Crippen LogP contribution in [0.3, 0.4) is 0 Å². The highest BCUT2D eigenvalue weighted by atomic mass is 32.2. The van der Waals surface area contributed by atoms with E-state index in [-0.39, 0.29) is 29.7 Å². The zero-order valence-electron chi connectivity index (χ0n) is 17.6. The maximum absolute atomic E-state index is 13.1. The number of rotatable bonds is 5. The van der Waals surface area contributed by atoms with Crippen molar-refractivity contribution in [3.05, 3.63) is 59.9 Å². The first kappa shape index (κ1) is 22.1. The van der Waals surface area contributed by atoms with Crippen LogP contribution in [-0.4, -0.2) is 53.7 Å².